The summed E-state index contributed by atoms with van der Waals surface area (Å²) in [7, 11) is 0. The van der Waals surface area contributed by atoms with Gasteiger partial charge in [0.2, 0.25) is 0 Å². The number of anilines is 1. The van der Waals surface area contributed by atoms with Gasteiger partial charge in [0.15, 0.2) is 0 Å². The van der Waals surface area contributed by atoms with Gasteiger partial charge in [-0.1, -0.05) is 30.2 Å². The first kappa shape index (κ1) is 15.4. The van der Waals surface area contributed by atoms with E-state index < -0.39 is 5.97 Å². The van der Waals surface area contributed by atoms with Crippen LogP contribution >= 0.6 is 0 Å². The zero-order valence-corrected chi connectivity index (χ0v) is 12.5. The van der Waals surface area contributed by atoms with Crippen LogP contribution < -0.4 is 5.32 Å². The summed E-state index contributed by atoms with van der Waals surface area (Å²) in [5.41, 5.74) is 3.46. The second-order valence-electron chi connectivity index (χ2n) is 5.54. The van der Waals surface area contributed by atoms with Crippen molar-refractivity contribution in [2.45, 2.75) is 45.1 Å². The van der Waals surface area contributed by atoms with Gasteiger partial charge >= 0.3 is 5.97 Å². The standard InChI is InChI=1S/C18H23NO2/c1-14(16-6-4-2-3-5-7-16)19-17-11-8-15(9-12-17)10-13-18(20)21/h6,8-14,19H,2-5,7H2,1H3,(H,20,21)/b13-10+. The molecule has 0 spiro atoms. The van der Waals surface area contributed by atoms with E-state index in [9.17, 15) is 4.79 Å². The zero-order valence-electron chi connectivity index (χ0n) is 12.5. The number of aliphatic carboxylic acids is 1. The van der Waals surface area contributed by atoms with E-state index in [0.29, 0.717) is 6.04 Å². The van der Waals surface area contributed by atoms with Crippen molar-refractivity contribution < 1.29 is 9.90 Å². The summed E-state index contributed by atoms with van der Waals surface area (Å²) in [5.74, 6) is -0.925. The van der Waals surface area contributed by atoms with Crippen LogP contribution in [0.15, 0.2) is 42.0 Å². The molecule has 1 aliphatic rings. The van der Waals surface area contributed by atoms with Gasteiger partial charge in [-0.05, 0) is 56.4 Å². The highest BCUT2D eigenvalue weighted by atomic mass is 16.4. The minimum atomic E-state index is -0.925. The molecule has 0 aliphatic heterocycles. The fourth-order valence-corrected chi connectivity index (χ4v) is 2.63. The van der Waals surface area contributed by atoms with E-state index in [-0.39, 0.29) is 0 Å². The number of carboxylic acids is 1. The molecule has 1 aromatic rings. The number of hydrogen-bond donors (Lipinski definition) is 2. The van der Waals surface area contributed by atoms with Crippen LogP contribution in [-0.2, 0) is 4.79 Å². The third-order valence-corrected chi connectivity index (χ3v) is 3.84. The molecule has 3 nitrogen and oxygen atoms in total. The van der Waals surface area contributed by atoms with E-state index in [1.165, 1.54) is 37.7 Å². The summed E-state index contributed by atoms with van der Waals surface area (Å²) in [4.78, 5) is 10.5. The Morgan fingerprint density at radius 1 is 1.24 bits per heavy atom. The van der Waals surface area contributed by atoms with Crippen molar-refractivity contribution in [2.24, 2.45) is 0 Å². The summed E-state index contributed by atoms with van der Waals surface area (Å²) in [6, 6.07) is 8.19. The third-order valence-electron chi connectivity index (χ3n) is 3.84. The fraction of sp³-hybridized carbons (Fsp3) is 0.389. The average Bonchev–Trinajstić information content (AvgIpc) is 2.75. The highest BCUT2D eigenvalue weighted by molar-refractivity contribution is 5.85. The molecule has 1 aliphatic carbocycles. The lowest BCUT2D eigenvalue weighted by Gasteiger charge is -2.18. The quantitative estimate of drug-likeness (QED) is 0.619. The summed E-state index contributed by atoms with van der Waals surface area (Å²) in [5, 5.41) is 12.1. The smallest absolute Gasteiger partial charge is 0.328 e. The minimum absolute atomic E-state index is 0.350. The molecule has 0 radical (unpaired) electrons. The van der Waals surface area contributed by atoms with E-state index in [4.69, 9.17) is 5.11 Å². The third kappa shape index (κ3) is 5.10. The Hall–Kier alpha value is -2.03. The van der Waals surface area contributed by atoms with Crippen molar-refractivity contribution >= 4 is 17.7 Å². The predicted octanol–water partition coefficient (Wildman–Crippen LogP) is 4.48. The highest BCUT2D eigenvalue weighted by Gasteiger charge is 2.10. The Kier molecular flexibility index (Phi) is 5.61. The van der Waals surface area contributed by atoms with E-state index in [1.54, 1.807) is 6.08 Å². The largest absolute Gasteiger partial charge is 0.478 e. The summed E-state index contributed by atoms with van der Waals surface area (Å²) in [6.07, 6.45) is 11.4. The summed E-state index contributed by atoms with van der Waals surface area (Å²) >= 11 is 0. The van der Waals surface area contributed by atoms with Crippen LogP contribution in [0.4, 0.5) is 5.69 Å². The second kappa shape index (κ2) is 7.67. The van der Waals surface area contributed by atoms with E-state index in [0.717, 1.165) is 17.3 Å². The van der Waals surface area contributed by atoms with E-state index in [1.807, 2.05) is 24.3 Å². The van der Waals surface area contributed by atoms with Crippen LogP contribution in [0, 0.1) is 0 Å². The van der Waals surface area contributed by atoms with Crippen molar-refractivity contribution in [1.29, 1.82) is 0 Å². The van der Waals surface area contributed by atoms with Crippen LogP contribution in [0.1, 0.15) is 44.6 Å². The van der Waals surface area contributed by atoms with Crippen LogP contribution in [0.2, 0.25) is 0 Å². The number of carboxylic acid groups (broad SMARTS) is 1. The predicted molar refractivity (Wildman–Crippen MR) is 87.4 cm³/mol. The molecule has 0 saturated carbocycles. The van der Waals surface area contributed by atoms with Crippen LogP contribution in [-0.4, -0.2) is 17.1 Å². The molecule has 112 valence electrons. The van der Waals surface area contributed by atoms with Gasteiger partial charge in [0.05, 0.1) is 0 Å². The number of benzene rings is 1. The Labute approximate surface area is 126 Å². The maximum absolute atomic E-state index is 10.5. The normalized spacial score (nSPS) is 17.1. The molecular formula is C18H23NO2. The van der Waals surface area contributed by atoms with Gasteiger partial charge in [0, 0.05) is 17.8 Å². The molecular weight excluding hydrogens is 262 g/mol. The van der Waals surface area contributed by atoms with Gasteiger partial charge in [-0.15, -0.1) is 0 Å². The minimum Gasteiger partial charge on any atom is -0.478 e. The molecule has 0 aromatic heterocycles. The lowest BCUT2D eigenvalue weighted by molar-refractivity contribution is -0.131. The fourth-order valence-electron chi connectivity index (χ4n) is 2.63. The van der Waals surface area contributed by atoms with Gasteiger partial charge in [0.25, 0.3) is 0 Å². The molecule has 0 bridgehead atoms. The van der Waals surface area contributed by atoms with Gasteiger partial charge in [0.1, 0.15) is 0 Å². The zero-order chi connectivity index (χ0) is 15.1. The topological polar surface area (TPSA) is 49.3 Å². The molecule has 3 heteroatoms. The van der Waals surface area contributed by atoms with Crippen molar-refractivity contribution in [2.75, 3.05) is 5.32 Å². The first-order valence-corrected chi connectivity index (χ1v) is 7.61. The number of hydrogen-bond acceptors (Lipinski definition) is 2. The highest BCUT2D eigenvalue weighted by Crippen LogP contribution is 2.22. The molecule has 1 unspecified atom stereocenters. The molecule has 0 saturated heterocycles. The maximum Gasteiger partial charge on any atom is 0.328 e. The van der Waals surface area contributed by atoms with Gasteiger partial charge in [-0.25, -0.2) is 4.79 Å². The monoisotopic (exact) mass is 285 g/mol. The number of carbonyl (C=O) groups is 1. The molecule has 1 atom stereocenters. The Morgan fingerprint density at radius 3 is 2.71 bits per heavy atom. The molecule has 21 heavy (non-hydrogen) atoms. The Morgan fingerprint density at radius 2 is 2.00 bits per heavy atom. The SMILES string of the molecule is CC(Nc1ccc(/C=C/C(=O)O)cc1)C1=CCCCCC1. The van der Waals surface area contributed by atoms with Crippen LogP contribution in [0.3, 0.4) is 0 Å². The second-order valence-corrected chi connectivity index (χ2v) is 5.54. The molecule has 0 heterocycles. The molecule has 0 amide bonds. The van der Waals surface area contributed by atoms with Crippen molar-refractivity contribution in [3.8, 4) is 0 Å². The van der Waals surface area contributed by atoms with Crippen molar-refractivity contribution in [3.05, 3.63) is 47.6 Å². The Balaban J connectivity index is 1.96. The molecule has 0 fully saturated rings. The van der Waals surface area contributed by atoms with Gasteiger partial charge in [-0.2, -0.15) is 0 Å². The summed E-state index contributed by atoms with van der Waals surface area (Å²) in [6.45, 7) is 2.20. The van der Waals surface area contributed by atoms with Gasteiger partial charge in [-0.3, -0.25) is 0 Å². The lowest BCUT2D eigenvalue weighted by Crippen LogP contribution is -2.17. The maximum atomic E-state index is 10.5. The number of nitrogens with one attached hydrogen (secondary N) is 1. The van der Waals surface area contributed by atoms with E-state index >= 15 is 0 Å². The first-order chi connectivity index (χ1) is 10.1. The number of allylic oxidation sites excluding steroid dienone is 1. The average molecular weight is 285 g/mol. The number of rotatable bonds is 5. The molecule has 1 aromatic carbocycles. The van der Waals surface area contributed by atoms with E-state index in [2.05, 4.69) is 18.3 Å². The lowest BCUT2D eigenvalue weighted by atomic mass is 10.0. The van der Waals surface area contributed by atoms with Gasteiger partial charge < -0.3 is 10.4 Å². The molecule has 2 N–H and O–H groups in total. The van der Waals surface area contributed by atoms with Crippen molar-refractivity contribution in [1.82, 2.24) is 0 Å². The summed E-state index contributed by atoms with van der Waals surface area (Å²) < 4.78 is 0. The van der Waals surface area contributed by atoms with Crippen molar-refractivity contribution in [3.63, 3.8) is 0 Å². The Bertz CT molecular complexity index is 529. The molecule has 2 rings (SSSR count). The van der Waals surface area contributed by atoms with Crippen LogP contribution in [0.5, 0.6) is 0 Å². The van der Waals surface area contributed by atoms with Crippen LogP contribution in [0.25, 0.3) is 6.08 Å². The first-order valence-electron chi connectivity index (χ1n) is 7.61.